The average Bonchev–Trinajstić information content (AvgIpc) is 3.53. The minimum atomic E-state index is -0.830. The molecule has 3 aliphatic rings. The lowest BCUT2D eigenvalue weighted by atomic mass is 9.95. The molecule has 240 valence electrons. The highest BCUT2D eigenvalue weighted by atomic mass is 16.5. The van der Waals surface area contributed by atoms with E-state index in [2.05, 4.69) is 36.6 Å². The first-order valence-electron chi connectivity index (χ1n) is 15.9. The summed E-state index contributed by atoms with van der Waals surface area (Å²) in [6.07, 6.45) is 9.07. The number of piperidine rings is 1. The third-order valence-corrected chi connectivity index (χ3v) is 8.40. The minimum absolute atomic E-state index is 0.127. The fourth-order valence-electron chi connectivity index (χ4n) is 6.00. The standard InChI is InChI=1S/C34H40N8O4/c43-32-30-9-5-13-36-33(30)46-19-18-45-17-16-40(23-28-8-4-12-35-21-28)22-27-10-14-41(15-11-27)34(44)31(37-32)20-29-25-42(39-38-29)24-26-6-2-1-3-7-26/h1-9,12-13,21,25,27,31H,10-11,14-20,22-24H2,(H,37,43)/t31-/m1/s1. The topological polar surface area (TPSA) is 128 Å². The number of nitrogens with one attached hydrogen (secondary N) is 1. The number of pyridine rings is 2. The number of fused-ring (bicyclic) bond motifs is 12. The summed E-state index contributed by atoms with van der Waals surface area (Å²) in [6.45, 7) is 5.39. The molecule has 12 nitrogen and oxygen atoms in total. The summed E-state index contributed by atoms with van der Waals surface area (Å²) >= 11 is 0. The normalized spacial score (nSPS) is 20.3. The molecule has 4 aromatic rings. The fraction of sp³-hybridized carbons (Fsp3) is 0.412. The zero-order chi connectivity index (χ0) is 31.6. The molecule has 12 heteroatoms. The van der Waals surface area contributed by atoms with Gasteiger partial charge in [-0.3, -0.25) is 19.5 Å². The van der Waals surface area contributed by atoms with Crippen LogP contribution in [0, 0.1) is 5.92 Å². The third kappa shape index (κ3) is 8.52. The number of benzene rings is 1. The summed E-state index contributed by atoms with van der Waals surface area (Å²) in [4.78, 5) is 40.5. The Hall–Kier alpha value is -4.68. The van der Waals surface area contributed by atoms with Gasteiger partial charge in [-0.1, -0.05) is 41.6 Å². The number of nitrogens with zero attached hydrogens (tertiary/aromatic N) is 7. The molecule has 6 heterocycles. The minimum Gasteiger partial charge on any atom is -0.475 e. The van der Waals surface area contributed by atoms with E-state index >= 15 is 0 Å². The molecule has 1 fully saturated rings. The van der Waals surface area contributed by atoms with Crippen LogP contribution in [0.3, 0.4) is 0 Å². The average molecular weight is 625 g/mol. The Kier molecular flexibility index (Phi) is 10.6. The number of carbonyl (C=O) groups excluding carboxylic acids is 2. The number of hydrogen-bond acceptors (Lipinski definition) is 9. The highest BCUT2D eigenvalue weighted by molar-refractivity contribution is 5.99. The number of carbonyl (C=O) groups is 2. The van der Waals surface area contributed by atoms with Crippen molar-refractivity contribution in [3.05, 3.63) is 102 Å². The van der Waals surface area contributed by atoms with E-state index in [1.807, 2.05) is 53.7 Å². The van der Waals surface area contributed by atoms with Gasteiger partial charge in [-0.05, 0) is 48.1 Å². The number of aromatic nitrogens is 5. The maximum Gasteiger partial charge on any atom is 0.257 e. The van der Waals surface area contributed by atoms with Crippen molar-refractivity contribution in [2.45, 2.75) is 38.4 Å². The molecule has 2 amide bonds. The van der Waals surface area contributed by atoms with Crippen molar-refractivity contribution in [3.8, 4) is 5.88 Å². The Labute approximate surface area is 268 Å². The summed E-state index contributed by atoms with van der Waals surface area (Å²) < 4.78 is 13.5. The quantitative estimate of drug-likeness (QED) is 0.322. The Morgan fingerprint density at radius 1 is 0.870 bits per heavy atom. The van der Waals surface area contributed by atoms with E-state index in [1.165, 1.54) is 0 Å². The van der Waals surface area contributed by atoms with Crippen LogP contribution in [-0.2, 0) is 29.0 Å². The van der Waals surface area contributed by atoms with Gasteiger partial charge < -0.3 is 19.7 Å². The monoisotopic (exact) mass is 624 g/mol. The largest absolute Gasteiger partial charge is 0.475 e. The second-order valence-electron chi connectivity index (χ2n) is 11.8. The zero-order valence-electron chi connectivity index (χ0n) is 25.9. The molecule has 0 unspecified atom stereocenters. The molecule has 2 bridgehead atoms. The number of rotatable bonds is 6. The molecule has 3 aromatic heterocycles. The summed E-state index contributed by atoms with van der Waals surface area (Å²) in [6, 6.07) is 16.5. The van der Waals surface area contributed by atoms with Crippen LogP contribution in [0.25, 0.3) is 0 Å². The summed E-state index contributed by atoms with van der Waals surface area (Å²) in [7, 11) is 0. The molecule has 0 radical (unpaired) electrons. The van der Waals surface area contributed by atoms with Crippen molar-refractivity contribution in [2.75, 3.05) is 46.0 Å². The Balaban J connectivity index is 1.20. The van der Waals surface area contributed by atoms with Crippen LogP contribution in [0.1, 0.15) is 40.0 Å². The van der Waals surface area contributed by atoms with Crippen molar-refractivity contribution in [2.24, 2.45) is 5.92 Å². The van der Waals surface area contributed by atoms with Crippen molar-refractivity contribution in [1.82, 2.24) is 40.1 Å². The number of amides is 2. The van der Waals surface area contributed by atoms with Crippen LogP contribution in [0.15, 0.2) is 79.4 Å². The van der Waals surface area contributed by atoms with E-state index in [4.69, 9.17) is 9.47 Å². The molecular weight excluding hydrogens is 584 g/mol. The lowest BCUT2D eigenvalue weighted by molar-refractivity contribution is -0.134. The van der Waals surface area contributed by atoms with Gasteiger partial charge >= 0.3 is 0 Å². The van der Waals surface area contributed by atoms with Gasteiger partial charge in [-0.2, -0.15) is 0 Å². The fourth-order valence-corrected chi connectivity index (χ4v) is 6.00. The first-order chi connectivity index (χ1) is 22.6. The number of ether oxygens (including phenoxy) is 2. The highest BCUT2D eigenvalue weighted by Crippen LogP contribution is 2.22. The van der Waals surface area contributed by atoms with Crippen LogP contribution in [-0.4, -0.2) is 98.6 Å². The third-order valence-electron chi connectivity index (χ3n) is 8.40. The molecule has 0 spiro atoms. The van der Waals surface area contributed by atoms with Gasteiger partial charge in [0.2, 0.25) is 11.8 Å². The van der Waals surface area contributed by atoms with E-state index in [1.54, 1.807) is 29.2 Å². The Morgan fingerprint density at radius 3 is 2.52 bits per heavy atom. The van der Waals surface area contributed by atoms with Gasteiger partial charge in [0.25, 0.3) is 5.91 Å². The lowest BCUT2D eigenvalue weighted by Crippen LogP contribution is -2.52. The predicted molar refractivity (Wildman–Crippen MR) is 170 cm³/mol. The van der Waals surface area contributed by atoms with Crippen molar-refractivity contribution in [3.63, 3.8) is 0 Å². The van der Waals surface area contributed by atoms with Gasteiger partial charge in [-0.25, -0.2) is 9.67 Å². The van der Waals surface area contributed by atoms with Gasteiger partial charge in [0.15, 0.2) is 0 Å². The molecule has 46 heavy (non-hydrogen) atoms. The van der Waals surface area contributed by atoms with E-state index < -0.39 is 11.9 Å². The second kappa shape index (κ2) is 15.5. The summed E-state index contributed by atoms with van der Waals surface area (Å²) in [5.74, 6) is 0.0779. The first-order valence-corrected chi connectivity index (χ1v) is 15.9. The van der Waals surface area contributed by atoms with E-state index in [0.717, 1.165) is 43.6 Å². The van der Waals surface area contributed by atoms with Gasteiger partial charge in [-0.15, -0.1) is 5.10 Å². The van der Waals surface area contributed by atoms with Gasteiger partial charge in [0, 0.05) is 63.9 Å². The maximum absolute atomic E-state index is 14.0. The summed E-state index contributed by atoms with van der Waals surface area (Å²) in [5.41, 5.74) is 3.13. The van der Waals surface area contributed by atoms with E-state index in [-0.39, 0.29) is 30.4 Å². The zero-order valence-corrected chi connectivity index (χ0v) is 25.9. The van der Waals surface area contributed by atoms with Crippen LogP contribution in [0.5, 0.6) is 5.88 Å². The molecule has 1 aromatic carbocycles. The van der Waals surface area contributed by atoms with Gasteiger partial charge in [0.05, 0.1) is 25.5 Å². The van der Waals surface area contributed by atoms with E-state index in [9.17, 15) is 9.59 Å². The highest BCUT2D eigenvalue weighted by Gasteiger charge is 2.32. The Morgan fingerprint density at radius 2 is 1.70 bits per heavy atom. The first kappa shape index (κ1) is 31.3. The molecule has 3 aliphatic heterocycles. The lowest BCUT2D eigenvalue weighted by Gasteiger charge is -2.36. The summed E-state index contributed by atoms with van der Waals surface area (Å²) in [5, 5.41) is 11.6. The predicted octanol–water partition coefficient (Wildman–Crippen LogP) is 2.61. The molecule has 1 N–H and O–H groups in total. The van der Waals surface area contributed by atoms with Crippen LogP contribution in [0.2, 0.25) is 0 Å². The number of hydrogen-bond donors (Lipinski definition) is 1. The molecule has 7 rings (SSSR count). The maximum atomic E-state index is 14.0. The van der Waals surface area contributed by atoms with Crippen molar-refractivity contribution < 1.29 is 19.1 Å². The molecular formula is C34H40N8O4. The second-order valence-corrected chi connectivity index (χ2v) is 11.8. The van der Waals surface area contributed by atoms with Gasteiger partial charge in [0.1, 0.15) is 18.2 Å². The molecule has 1 atom stereocenters. The SMILES string of the molecule is O=C1N[C@H](Cc2cn(Cc3ccccc3)nn2)C(=O)N2CCC(CC2)CN(Cc2cccnc2)CCOCCOc2ncccc21. The van der Waals surface area contributed by atoms with E-state index in [0.29, 0.717) is 44.5 Å². The molecule has 1 saturated heterocycles. The van der Waals surface area contributed by atoms with Crippen molar-refractivity contribution >= 4 is 11.8 Å². The van der Waals surface area contributed by atoms with Crippen molar-refractivity contribution in [1.29, 1.82) is 0 Å². The molecule has 0 saturated carbocycles. The van der Waals surface area contributed by atoms with Crippen LogP contribution >= 0.6 is 0 Å². The molecule has 0 aliphatic carbocycles. The smallest absolute Gasteiger partial charge is 0.257 e. The van der Waals surface area contributed by atoms with Crippen LogP contribution in [0.4, 0.5) is 0 Å². The van der Waals surface area contributed by atoms with Crippen LogP contribution < -0.4 is 10.1 Å². The Bertz CT molecular complexity index is 1560.